The molecule has 3 heterocycles. The van der Waals surface area contributed by atoms with Gasteiger partial charge in [0, 0.05) is 13.0 Å². The van der Waals surface area contributed by atoms with Crippen LogP contribution in [0.1, 0.15) is 18.9 Å². The number of nitrogens with zero attached hydrogens (tertiary/aromatic N) is 3. The number of rotatable bonds is 4. The van der Waals surface area contributed by atoms with E-state index in [4.69, 9.17) is 23.2 Å². The monoisotopic (exact) mass is 473 g/mol. The second-order valence-corrected chi connectivity index (χ2v) is 8.49. The maximum atomic E-state index is 13.5. The lowest BCUT2D eigenvalue weighted by molar-refractivity contribution is -0.274. The number of aromatic nitrogens is 1. The van der Waals surface area contributed by atoms with Gasteiger partial charge in [-0.15, -0.1) is 13.2 Å². The number of alkyl halides is 3. The minimum atomic E-state index is -4.79. The van der Waals surface area contributed by atoms with Crippen LogP contribution in [-0.2, 0) is 11.2 Å². The quantitative estimate of drug-likeness (QED) is 0.458. The summed E-state index contributed by atoms with van der Waals surface area (Å²) in [6.07, 6.45) is -4.22. The predicted octanol–water partition coefficient (Wildman–Crippen LogP) is 5.08. The summed E-state index contributed by atoms with van der Waals surface area (Å²) in [4.78, 5) is 33.1. The first-order valence-corrected chi connectivity index (χ1v) is 10.1. The number of halogens is 5. The molecule has 2 aliphatic heterocycles. The third kappa shape index (κ3) is 4.04. The van der Waals surface area contributed by atoms with Crippen molar-refractivity contribution in [3.63, 3.8) is 0 Å². The van der Waals surface area contributed by atoms with E-state index in [1.165, 1.54) is 41.3 Å². The zero-order chi connectivity index (χ0) is 22.6. The molecule has 2 aliphatic rings. The van der Waals surface area contributed by atoms with Crippen molar-refractivity contribution in [2.75, 3.05) is 11.4 Å². The highest BCUT2D eigenvalue weighted by molar-refractivity contribution is 6.33. The first kappa shape index (κ1) is 21.7. The average Bonchev–Trinajstić information content (AvgIpc) is 3.07. The molecular weight excluding hydrogens is 458 g/mol. The molecule has 0 spiro atoms. The Morgan fingerprint density at radius 1 is 1.16 bits per heavy atom. The highest BCUT2D eigenvalue weighted by Crippen LogP contribution is 2.44. The van der Waals surface area contributed by atoms with Crippen LogP contribution in [0.2, 0.25) is 10.3 Å². The van der Waals surface area contributed by atoms with E-state index < -0.39 is 23.8 Å². The van der Waals surface area contributed by atoms with Gasteiger partial charge in [0.05, 0.1) is 5.69 Å². The van der Waals surface area contributed by atoms with Crippen molar-refractivity contribution in [1.29, 1.82) is 0 Å². The fourth-order valence-electron chi connectivity index (χ4n) is 4.32. The molecule has 0 radical (unpaired) electrons. The van der Waals surface area contributed by atoms with E-state index in [0.29, 0.717) is 18.5 Å². The Morgan fingerprint density at radius 3 is 2.35 bits per heavy atom. The lowest BCUT2D eigenvalue weighted by atomic mass is 9.86. The SMILES string of the molecule is C[C@H]1CN2C(=O)N(c3cc(Cl)nc(Cl)c3)C(=O)C2(Cc2ccc(OC(F)(F)F)cc2)C1. The number of pyridine rings is 1. The van der Waals surface area contributed by atoms with Gasteiger partial charge in [0.2, 0.25) is 0 Å². The van der Waals surface area contributed by atoms with Gasteiger partial charge in [0.25, 0.3) is 5.91 Å². The molecule has 31 heavy (non-hydrogen) atoms. The van der Waals surface area contributed by atoms with Gasteiger partial charge >= 0.3 is 12.4 Å². The average molecular weight is 474 g/mol. The van der Waals surface area contributed by atoms with Crippen molar-refractivity contribution in [2.45, 2.75) is 31.7 Å². The third-order valence-electron chi connectivity index (χ3n) is 5.38. The van der Waals surface area contributed by atoms with Crippen LogP contribution in [0.3, 0.4) is 0 Å². The molecule has 1 unspecified atom stereocenters. The van der Waals surface area contributed by atoms with E-state index >= 15 is 0 Å². The van der Waals surface area contributed by atoms with Gasteiger partial charge in [-0.3, -0.25) is 4.79 Å². The minimum Gasteiger partial charge on any atom is -0.406 e. The van der Waals surface area contributed by atoms with Crippen LogP contribution in [0.4, 0.5) is 23.7 Å². The molecule has 0 aliphatic carbocycles. The summed E-state index contributed by atoms with van der Waals surface area (Å²) in [6.45, 7) is 2.31. The van der Waals surface area contributed by atoms with Gasteiger partial charge in [0.1, 0.15) is 21.6 Å². The molecule has 164 valence electrons. The molecule has 6 nitrogen and oxygen atoms in total. The molecular formula is C20H16Cl2F3N3O3. The number of carbonyl (C=O) groups excluding carboxylic acids is 2. The van der Waals surface area contributed by atoms with Crippen molar-refractivity contribution in [3.8, 4) is 5.75 Å². The van der Waals surface area contributed by atoms with Crippen LogP contribution >= 0.6 is 23.2 Å². The second-order valence-electron chi connectivity index (χ2n) is 7.71. The molecule has 2 atom stereocenters. The Bertz CT molecular complexity index is 1030. The summed E-state index contributed by atoms with van der Waals surface area (Å²) in [6, 6.07) is 7.55. The Kier molecular flexibility index (Phi) is 5.29. The molecule has 1 aromatic carbocycles. The third-order valence-corrected chi connectivity index (χ3v) is 5.77. The number of fused-ring (bicyclic) bond motifs is 1. The van der Waals surface area contributed by atoms with Gasteiger partial charge in [-0.05, 0) is 42.2 Å². The smallest absolute Gasteiger partial charge is 0.406 e. The van der Waals surface area contributed by atoms with Gasteiger partial charge < -0.3 is 9.64 Å². The number of benzene rings is 1. The number of hydrogen-bond donors (Lipinski definition) is 0. The molecule has 1 aromatic heterocycles. The zero-order valence-electron chi connectivity index (χ0n) is 16.1. The van der Waals surface area contributed by atoms with Crippen molar-refractivity contribution in [2.24, 2.45) is 5.92 Å². The van der Waals surface area contributed by atoms with Crippen molar-refractivity contribution in [1.82, 2.24) is 9.88 Å². The van der Waals surface area contributed by atoms with Crippen LogP contribution in [0.25, 0.3) is 0 Å². The van der Waals surface area contributed by atoms with Crippen LogP contribution in [0, 0.1) is 5.92 Å². The van der Waals surface area contributed by atoms with Crippen molar-refractivity contribution in [3.05, 3.63) is 52.3 Å². The summed E-state index contributed by atoms with van der Waals surface area (Å²) >= 11 is 11.9. The zero-order valence-corrected chi connectivity index (χ0v) is 17.6. The second kappa shape index (κ2) is 7.56. The Morgan fingerprint density at radius 2 is 1.77 bits per heavy atom. The molecule has 2 saturated heterocycles. The molecule has 4 rings (SSSR count). The number of anilines is 1. The van der Waals surface area contributed by atoms with E-state index in [2.05, 4.69) is 9.72 Å². The Hall–Kier alpha value is -2.52. The van der Waals surface area contributed by atoms with Gasteiger partial charge in [0.15, 0.2) is 0 Å². The number of carbonyl (C=O) groups is 2. The molecule has 11 heteroatoms. The maximum Gasteiger partial charge on any atom is 0.573 e. The summed E-state index contributed by atoms with van der Waals surface area (Å²) in [5.74, 6) is -0.717. The van der Waals surface area contributed by atoms with E-state index in [0.717, 1.165) is 4.90 Å². The van der Waals surface area contributed by atoms with Crippen LogP contribution < -0.4 is 9.64 Å². The standard InChI is InChI=1S/C20H16Cl2F3N3O3/c1-11-8-19(9-12-2-4-14(5-3-12)31-20(23,24)25)17(29)28(18(30)27(19)10-11)13-6-15(21)26-16(22)7-13/h2-7,11H,8-10H2,1H3/t11-,19?/m1/s1. The van der Waals surface area contributed by atoms with Crippen LogP contribution in [-0.4, -0.2) is 40.3 Å². The highest BCUT2D eigenvalue weighted by atomic mass is 35.5. The van der Waals surface area contributed by atoms with Gasteiger partial charge in [-0.2, -0.15) is 0 Å². The number of imide groups is 1. The lowest BCUT2D eigenvalue weighted by Crippen LogP contribution is -2.47. The summed E-state index contributed by atoms with van der Waals surface area (Å²) < 4.78 is 41.1. The molecule has 0 saturated carbocycles. The van der Waals surface area contributed by atoms with E-state index in [9.17, 15) is 22.8 Å². The number of urea groups is 1. The molecule has 3 amide bonds. The largest absolute Gasteiger partial charge is 0.573 e. The molecule has 2 fully saturated rings. The van der Waals surface area contributed by atoms with Crippen LogP contribution in [0.5, 0.6) is 5.75 Å². The first-order chi connectivity index (χ1) is 14.5. The van der Waals surface area contributed by atoms with E-state index in [1.54, 1.807) is 0 Å². The Labute approximate surface area is 185 Å². The van der Waals surface area contributed by atoms with Crippen molar-refractivity contribution >= 4 is 40.8 Å². The van der Waals surface area contributed by atoms with E-state index in [1.807, 2.05) is 6.92 Å². The van der Waals surface area contributed by atoms with Gasteiger partial charge in [-0.1, -0.05) is 42.3 Å². The fraction of sp³-hybridized carbons (Fsp3) is 0.350. The minimum absolute atomic E-state index is 0.0397. The van der Waals surface area contributed by atoms with Crippen LogP contribution in [0.15, 0.2) is 36.4 Å². The first-order valence-electron chi connectivity index (χ1n) is 9.32. The number of ether oxygens (including phenoxy) is 1. The summed E-state index contributed by atoms with van der Waals surface area (Å²) in [7, 11) is 0. The number of hydrogen-bond acceptors (Lipinski definition) is 4. The maximum absolute atomic E-state index is 13.5. The predicted molar refractivity (Wildman–Crippen MR) is 107 cm³/mol. The molecule has 0 N–H and O–H groups in total. The summed E-state index contributed by atoms with van der Waals surface area (Å²) in [5, 5.41) is 0.0793. The highest BCUT2D eigenvalue weighted by Gasteiger charge is 2.61. The normalized spacial score (nSPS) is 23.5. The Balaban J connectivity index is 1.66. The topological polar surface area (TPSA) is 62.7 Å². The lowest BCUT2D eigenvalue weighted by Gasteiger charge is -2.28. The van der Waals surface area contributed by atoms with Gasteiger partial charge in [-0.25, -0.2) is 14.7 Å². The van der Waals surface area contributed by atoms with E-state index in [-0.39, 0.29) is 34.1 Å². The molecule has 2 aromatic rings. The molecule has 0 bridgehead atoms. The fourth-order valence-corrected chi connectivity index (χ4v) is 4.77. The summed E-state index contributed by atoms with van der Waals surface area (Å²) in [5.41, 5.74) is -0.330. The van der Waals surface area contributed by atoms with Crippen molar-refractivity contribution < 1.29 is 27.5 Å². The number of amides is 3.